The fourth-order valence-electron chi connectivity index (χ4n) is 3.26. The van der Waals surface area contributed by atoms with Crippen LogP contribution in [0.2, 0.25) is 0 Å². The zero-order chi connectivity index (χ0) is 16.4. The van der Waals surface area contributed by atoms with Crippen LogP contribution in [0.3, 0.4) is 0 Å². The molecule has 1 aromatic heterocycles. The first-order valence-electron chi connectivity index (χ1n) is 8.14. The van der Waals surface area contributed by atoms with E-state index in [1.165, 1.54) is 12.1 Å². The van der Waals surface area contributed by atoms with Crippen molar-refractivity contribution in [3.05, 3.63) is 53.1 Å². The first-order chi connectivity index (χ1) is 11.0. The molecule has 1 aliphatic carbocycles. The Hall–Kier alpha value is -2.17. The smallest absolute Gasteiger partial charge is 0.272 e. The van der Waals surface area contributed by atoms with Gasteiger partial charge in [0, 0.05) is 5.69 Å². The largest absolute Gasteiger partial charge is 0.341 e. The molecular weight excluding hydrogens is 293 g/mol. The van der Waals surface area contributed by atoms with Gasteiger partial charge in [-0.05, 0) is 42.5 Å². The number of rotatable bonds is 4. The number of H-pyrrole nitrogens is 1. The highest BCUT2D eigenvalue weighted by molar-refractivity contribution is 5.93. The Morgan fingerprint density at radius 3 is 2.48 bits per heavy atom. The quantitative estimate of drug-likeness (QED) is 0.900. The number of halogens is 1. The Balaban J connectivity index is 1.84. The van der Waals surface area contributed by atoms with Crippen LogP contribution < -0.4 is 5.32 Å². The lowest BCUT2D eigenvalue weighted by molar-refractivity contribution is 0.0893. The van der Waals surface area contributed by atoms with Crippen LogP contribution in [0.15, 0.2) is 30.3 Å². The van der Waals surface area contributed by atoms with Gasteiger partial charge in [-0.3, -0.25) is 9.89 Å². The van der Waals surface area contributed by atoms with Gasteiger partial charge in [0.15, 0.2) is 0 Å². The summed E-state index contributed by atoms with van der Waals surface area (Å²) in [5, 5.41) is 10.2. The molecule has 1 amide bonds. The number of hydrogen-bond donors (Lipinski definition) is 2. The Morgan fingerprint density at radius 1 is 1.26 bits per heavy atom. The van der Waals surface area contributed by atoms with Crippen LogP contribution in [-0.2, 0) is 5.54 Å². The van der Waals surface area contributed by atoms with E-state index in [1.54, 1.807) is 18.2 Å². The average Bonchev–Trinajstić information content (AvgIpc) is 3.17. The average molecular weight is 315 g/mol. The van der Waals surface area contributed by atoms with Crippen LogP contribution in [-0.4, -0.2) is 16.1 Å². The molecule has 0 spiro atoms. The van der Waals surface area contributed by atoms with E-state index in [9.17, 15) is 9.18 Å². The molecule has 0 atom stereocenters. The molecule has 4 nitrogen and oxygen atoms in total. The van der Waals surface area contributed by atoms with Crippen molar-refractivity contribution in [1.29, 1.82) is 0 Å². The number of carbonyl (C=O) groups is 1. The third-order valence-corrected chi connectivity index (χ3v) is 4.66. The number of carbonyl (C=O) groups excluding carboxylic acids is 1. The highest BCUT2D eigenvalue weighted by Crippen LogP contribution is 2.39. The molecular formula is C18H22FN3O. The van der Waals surface area contributed by atoms with Crippen LogP contribution in [0.5, 0.6) is 0 Å². The molecule has 0 bridgehead atoms. The van der Waals surface area contributed by atoms with Crippen molar-refractivity contribution in [1.82, 2.24) is 15.5 Å². The highest BCUT2D eigenvalue weighted by atomic mass is 19.1. The second-order valence-electron chi connectivity index (χ2n) is 6.61. The summed E-state index contributed by atoms with van der Waals surface area (Å²) < 4.78 is 13.2. The summed E-state index contributed by atoms with van der Waals surface area (Å²) in [5.41, 5.74) is 1.89. The number of amides is 1. The monoisotopic (exact) mass is 315 g/mol. The van der Waals surface area contributed by atoms with Crippen LogP contribution in [0, 0.1) is 5.82 Å². The van der Waals surface area contributed by atoms with Crippen molar-refractivity contribution in [2.75, 3.05) is 0 Å². The molecule has 1 fully saturated rings. The zero-order valence-electron chi connectivity index (χ0n) is 13.5. The lowest BCUT2D eigenvalue weighted by atomic mass is 9.88. The molecule has 0 unspecified atom stereocenters. The number of nitrogens with zero attached hydrogens (tertiary/aromatic N) is 1. The third-order valence-electron chi connectivity index (χ3n) is 4.66. The number of benzene rings is 1. The number of aromatic nitrogens is 2. The Bertz CT molecular complexity index is 685. The van der Waals surface area contributed by atoms with Gasteiger partial charge in [-0.25, -0.2) is 4.39 Å². The molecule has 0 radical (unpaired) electrons. The maximum Gasteiger partial charge on any atom is 0.272 e. The van der Waals surface area contributed by atoms with Crippen molar-refractivity contribution < 1.29 is 9.18 Å². The van der Waals surface area contributed by atoms with E-state index in [2.05, 4.69) is 15.5 Å². The van der Waals surface area contributed by atoms with E-state index < -0.39 is 5.54 Å². The Labute approximate surface area is 135 Å². The molecule has 23 heavy (non-hydrogen) atoms. The molecule has 1 aromatic carbocycles. The van der Waals surface area contributed by atoms with Crippen LogP contribution in [0.25, 0.3) is 0 Å². The van der Waals surface area contributed by atoms with Gasteiger partial charge in [-0.2, -0.15) is 5.10 Å². The highest BCUT2D eigenvalue weighted by Gasteiger charge is 2.37. The lowest BCUT2D eigenvalue weighted by Crippen LogP contribution is -2.44. The van der Waals surface area contributed by atoms with Gasteiger partial charge in [-0.1, -0.05) is 38.8 Å². The second kappa shape index (κ2) is 6.14. The van der Waals surface area contributed by atoms with Crippen molar-refractivity contribution >= 4 is 5.91 Å². The molecule has 3 rings (SSSR count). The number of aromatic amines is 1. The standard InChI is InChI=1S/C18H22FN3O/c1-12(2)15-11-16(22-21-15)17(23)20-18(9-3-4-10-18)13-5-7-14(19)8-6-13/h5-8,11-12H,3-4,9-10H2,1-2H3,(H,20,23)(H,21,22). The van der Waals surface area contributed by atoms with Crippen molar-refractivity contribution in [3.63, 3.8) is 0 Å². The van der Waals surface area contributed by atoms with Gasteiger partial charge in [0.25, 0.3) is 5.91 Å². The second-order valence-corrected chi connectivity index (χ2v) is 6.61. The van der Waals surface area contributed by atoms with Crippen LogP contribution >= 0.6 is 0 Å². The van der Waals surface area contributed by atoms with Gasteiger partial charge < -0.3 is 5.32 Å². The molecule has 0 aliphatic heterocycles. The topological polar surface area (TPSA) is 57.8 Å². The van der Waals surface area contributed by atoms with Gasteiger partial charge >= 0.3 is 0 Å². The molecule has 1 saturated carbocycles. The van der Waals surface area contributed by atoms with E-state index in [1.807, 2.05) is 13.8 Å². The van der Waals surface area contributed by atoms with E-state index in [4.69, 9.17) is 0 Å². The van der Waals surface area contributed by atoms with E-state index in [0.29, 0.717) is 11.6 Å². The zero-order valence-corrected chi connectivity index (χ0v) is 13.5. The summed E-state index contributed by atoms with van der Waals surface area (Å²) in [4.78, 5) is 12.6. The molecule has 2 N–H and O–H groups in total. The fraction of sp³-hybridized carbons (Fsp3) is 0.444. The molecule has 5 heteroatoms. The van der Waals surface area contributed by atoms with E-state index in [0.717, 1.165) is 36.9 Å². The number of hydrogen-bond acceptors (Lipinski definition) is 2. The maximum atomic E-state index is 13.2. The van der Waals surface area contributed by atoms with Gasteiger partial charge in [0.2, 0.25) is 0 Å². The summed E-state index contributed by atoms with van der Waals surface area (Å²) in [6, 6.07) is 8.24. The summed E-state index contributed by atoms with van der Waals surface area (Å²) in [5.74, 6) is -0.150. The van der Waals surface area contributed by atoms with Crippen molar-refractivity contribution in [2.24, 2.45) is 0 Å². The minimum absolute atomic E-state index is 0.181. The van der Waals surface area contributed by atoms with Crippen LogP contribution in [0.1, 0.15) is 67.2 Å². The van der Waals surface area contributed by atoms with E-state index >= 15 is 0 Å². The summed E-state index contributed by atoms with van der Waals surface area (Å²) in [7, 11) is 0. The maximum absolute atomic E-state index is 13.2. The summed E-state index contributed by atoms with van der Waals surface area (Å²) in [6.45, 7) is 4.10. The minimum atomic E-state index is -0.415. The van der Waals surface area contributed by atoms with E-state index in [-0.39, 0.29) is 11.7 Å². The first kappa shape index (κ1) is 15.7. The summed E-state index contributed by atoms with van der Waals surface area (Å²) in [6.07, 6.45) is 3.84. The normalized spacial score (nSPS) is 16.7. The van der Waals surface area contributed by atoms with Gasteiger partial charge in [-0.15, -0.1) is 0 Å². The third kappa shape index (κ3) is 3.14. The summed E-state index contributed by atoms with van der Waals surface area (Å²) >= 11 is 0. The molecule has 0 saturated heterocycles. The first-order valence-corrected chi connectivity index (χ1v) is 8.14. The minimum Gasteiger partial charge on any atom is -0.341 e. The van der Waals surface area contributed by atoms with Gasteiger partial charge in [0.1, 0.15) is 11.5 Å². The Kier molecular flexibility index (Phi) is 4.20. The van der Waals surface area contributed by atoms with Crippen molar-refractivity contribution in [3.8, 4) is 0 Å². The predicted octanol–water partition coefficient (Wildman–Crippen LogP) is 3.87. The molecule has 122 valence electrons. The molecule has 2 aromatic rings. The predicted molar refractivity (Wildman–Crippen MR) is 86.7 cm³/mol. The Morgan fingerprint density at radius 2 is 1.91 bits per heavy atom. The number of nitrogens with one attached hydrogen (secondary N) is 2. The fourth-order valence-corrected chi connectivity index (χ4v) is 3.26. The van der Waals surface area contributed by atoms with Gasteiger partial charge in [0.05, 0.1) is 5.54 Å². The molecule has 1 aliphatic rings. The van der Waals surface area contributed by atoms with Crippen molar-refractivity contribution in [2.45, 2.75) is 51.0 Å². The SMILES string of the molecule is CC(C)c1cc(C(=O)NC2(c3ccc(F)cc3)CCCC2)n[nH]1. The lowest BCUT2D eigenvalue weighted by Gasteiger charge is -2.30. The molecule has 1 heterocycles. The van der Waals surface area contributed by atoms with Crippen LogP contribution in [0.4, 0.5) is 4.39 Å².